The maximum atomic E-state index is 6.53. The van der Waals surface area contributed by atoms with Crippen LogP contribution in [0.2, 0.25) is 38.3 Å². The molecule has 0 amide bonds. The van der Waals surface area contributed by atoms with E-state index in [1.54, 1.807) is 0 Å². The van der Waals surface area contributed by atoms with Gasteiger partial charge >= 0.3 is 0 Å². The Hall–Kier alpha value is 0.234. The third kappa shape index (κ3) is 8.44. The summed E-state index contributed by atoms with van der Waals surface area (Å²) in [6.07, 6.45) is 0.711. The summed E-state index contributed by atoms with van der Waals surface area (Å²) in [7, 11) is -3.29. The summed E-state index contributed by atoms with van der Waals surface area (Å²) in [5, 5.41) is 0. The fraction of sp³-hybridized carbons (Fsp3) is 1.00. The SMILES string of the molecule is C[Si](C)(CCOCC1CO1)O[Si](C)(C)CCOCC1CO1. The van der Waals surface area contributed by atoms with E-state index in [1.807, 2.05) is 0 Å². The van der Waals surface area contributed by atoms with Gasteiger partial charge in [0.2, 0.25) is 0 Å². The van der Waals surface area contributed by atoms with Crippen molar-refractivity contribution < 1.29 is 23.1 Å². The lowest BCUT2D eigenvalue weighted by atomic mass is 10.5. The van der Waals surface area contributed by atoms with Crippen molar-refractivity contribution in [1.82, 2.24) is 0 Å². The van der Waals surface area contributed by atoms with Gasteiger partial charge in [-0.2, -0.15) is 0 Å². The average Bonchev–Trinajstić information content (AvgIpc) is 3.23. The highest BCUT2D eigenvalue weighted by Crippen LogP contribution is 2.22. The standard InChI is InChI=1S/C14H30O5Si2/c1-20(2,7-5-15-9-13-11-17-13)19-21(3,4)8-6-16-10-14-12-18-14/h13-14H,5-12H2,1-4H3. The van der Waals surface area contributed by atoms with Crippen LogP contribution in [-0.2, 0) is 23.1 Å². The number of rotatable bonds is 12. The normalized spacial score (nSPS) is 25.1. The molecular formula is C14H30O5Si2. The number of epoxide rings is 2. The smallest absolute Gasteiger partial charge is 0.175 e. The predicted octanol–water partition coefficient (Wildman–Crippen LogP) is 2.24. The fourth-order valence-electron chi connectivity index (χ4n) is 2.24. The van der Waals surface area contributed by atoms with Gasteiger partial charge in [0, 0.05) is 13.2 Å². The summed E-state index contributed by atoms with van der Waals surface area (Å²) in [5.41, 5.74) is 0. The Kier molecular flexibility index (Phi) is 6.43. The molecule has 2 aliphatic rings. The zero-order valence-corrected chi connectivity index (χ0v) is 15.9. The lowest BCUT2D eigenvalue weighted by Gasteiger charge is -2.34. The van der Waals surface area contributed by atoms with Crippen molar-refractivity contribution in [3.8, 4) is 0 Å². The van der Waals surface area contributed by atoms with Gasteiger partial charge in [0.05, 0.1) is 26.4 Å². The highest BCUT2D eigenvalue weighted by Gasteiger charge is 2.33. The molecule has 2 rings (SSSR count). The highest BCUT2D eigenvalue weighted by molar-refractivity contribution is 6.84. The van der Waals surface area contributed by atoms with Crippen LogP contribution in [0.3, 0.4) is 0 Å². The van der Waals surface area contributed by atoms with Crippen molar-refractivity contribution in [3.63, 3.8) is 0 Å². The minimum atomic E-state index is -1.64. The van der Waals surface area contributed by atoms with Crippen LogP contribution in [0.5, 0.6) is 0 Å². The maximum absolute atomic E-state index is 6.53. The van der Waals surface area contributed by atoms with E-state index in [9.17, 15) is 0 Å². The van der Waals surface area contributed by atoms with E-state index >= 15 is 0 Å². The monoisotopic (exact) mass is 334 g/mol. The molecule has 2 saturated heterocycles. The summed E-state index contributed by atoms with van der Waals surface area (Å²) in [4.78, 5) is 0. The summed E-state index contributed by atoms with van der Waals surface area (Å²) in [6.45, 7) is 13.9. The third-order valence-electron chi connectivity index (χ3n) is 3.66. The van der Waals surface area contributed by atoms with Crippen LogP contribution < -0.4 is 0 Å². The van der Waals surface area contributed by atoms with E-state index in [0.717, 1.165) is 51.7 Å². The molecule has 0 spiro atoms. The van der Waals surface area contributed by atoms with E-state index in [4.69, 9.17) is 23.1 Å². The van der Waals surface area contributed by atoms with Crippen LogP contribution in [0, 0.1) is 0 Å². The summed E-state index contributed by atoms with van der Waals surface area (Å²) >= 11 is 0. The van der Waals surface area contributed by atoms with Crippen molar-refractivity contribution in [3.05, 3.63) is 0 Å². The average molecular weight is 335 g/mol. The van der Waals surface area contributed by atoms with E-state index in [1.165, 1.54) is 0 Å². The Morgan fingerprint density at radius 3 is 1.52 bits per heavy atom. The molecule has 0 radical (unpaired) electrons. The van der Waals surface area contributed by atoms with Gasteiger partial charge in [-0.3, -0.25) is 0 Å². The molecule has 0 aromatic rings. The Morgan fingerprint density at radius 1 is 0.810 bits per heavy atom. The Bertz CT molecular complexity index is 286. The van der Waals surface area contributed by atoms with Gasteiger partial charge in [-0.15, -0.1) is 0 Å². The molecular weight excluding hydrogens is 304 g/mol. The molecule has 0 aromatic heterocycles. The molecule has 2 unspecified atom stereocenters. The van der Waals surface area contributed by atoms with Crippen molar-refractivity contribution in [1.29, 1.82) is 0 Å². The minimum Gasteiger partial charge on any atom is -0.455 e. The molecule has 0 saturated carbocycles. The van der Waals surface area contributed by atoms with Crippen LogP contribution in [0.25, 0.3) is 0 Å². The van der Waals surface area contributed by atoms with E-state index in [-0.39, 0.29) is 0 Å². The van der Waals surface area contributed by atoms with Crippen molar-refractivity contribution in [2.75, 3.05) is 39.6 Å². The third-order valence-corrected chi connectivity index (χ3v) is 10.9. The molecule has 2 fully saturated rings. The van der Waals surface area contributed by atoms with E-state index in [2.05, 4.69) is 26.2 Å². The lowest BCUT2D eigenvalue weighted by molar-refractivity contribution is 0.124. The molecule has 21 heavy (non-hydrogen) atoms. The zero-order chi connectivity index (χ0) is 15.3. The molecule has 7 heteroatoms. The Balaban J connectivity index is 1.56. The quantitative estimate of drug-likeness (QED) is 0.311. The molecule has 0 aromatic carbocycles. The number of ether oxygens (including phenoxy) is 4. The second kappa shape index (κ2) is 7.67. The molecule has 2 atom stereocenters. The molecule has 5 nitrogen and oxygen atoms in total. The van der Waals surface area contributed by atoms with E-state index in [0.29, 0.717) is 12.2 Å². The van der Waals surface area contributed by atoms with Gasteiger partial charge in [-0.05, 0) is 38.3 Å². The topological polar surface area (TPSA) is 52.8 Å². The molecule has 0 aliphatic carbocycles. The lowest BCUT2D eigenvalue weighted by Crippen LogP contribution is -2.45. The van der Waals surface area contributed by atoms with Gasteiger partial charge in [0.25, 0.3) is 0 Å². The Labute approximate surface area is 130 Å². The number of hydrogen-bond acceptors (Lipinski definition) is 5. The van der Waals surface area contributed by atoms with Gasteiger partial charge in [0.1, 0.15) is 12.2 Å². The summed E-state index contributed by atoms with van der Waals surface area (Å²) in [6, 6.07) is 2.10. The second-order valence-electron chi connectivity index (χ2n) is 7.18. The predicted molar refractivity (Wildman–Crippen MR) is 86.8 cm³/mol. The van der Waals surface area contributed by atoms with Gasteiger partial charge < -0.3 is 23.1 Å². The van der Waals surface area contributed by atoms with Crippen molar-refractivity contribution >= 4 is 16.6 Å². The minimum absolute atomic E-state index is 0.356. The first-order chi connectivity index (χ1) is 9.86. The van der Waals surface area contributed by atoms with Gasteiger partial charge in [0.15, 0.2) is 16.6 Å². The van der Waals surface area contributed by atoms with Gasteiger partial charge in [-0.1, -0.05) is 0 Å². The fourth-order valence-corrected chi connectivity index (χ4v) is 10.3. The van der Waals surface area contributed by atoms with Crippen LogP contribution in [0.4, 0.5) is 0 Å². The van der Waals surface area contributed by atoms with Crippen LogP contribution in [0.1, 0.15) is 0 Å². The van der Waals surface area contributed by atoms with Gasteiger partial charge in [-0.25, -0.2) is 0 Å². The van der Waals surface area contributed by atoms with Crippen molar-refractivity contribution in [2.45, 2.75) is 50.5 Å². The Morgan fingerprint density at radius 2 is 1.19 bits per heavy atom. The molecule has 2 heterocycles. The molecule has 124 valence electrons. The zero-order valence-electron chi connectivity index (χ0n) is 13.9. The first-order valence-corrected chi connectivity index (χ1v) is 14.2. The largest absolute Gasteiger partial charge is 0.455 e. The highest BCUT2D eigenvalue weighted by atomic mass is 28.4. The first kappa shape index (κ1) is 17.6. The van der Waals surface area contributed by atoms with Crippen molar-refractivity contribution in [2.24, 2.45) is 0 Å². The molecule has 2 aliphatic heterocycles. The van der Waals surface area contributed by atoms with E-state index < -0.39 is 16.6 Å². The molecule has 0 N–H and O–H groups in total. The summed E-state index contributed by atoms with van der Waals surface area (Å²) < 4.78 is 28.1. The number of hydrogen-bond donors (Lipinski definition) is 0. The second-order valence-corrected chi connectivity index (χ2v) is 16.0. The van der Waals surface area contributed by atoms with Crippen LogP contribution in [-0.4, -0.2) is 68.5 Å². The maximum Gasteiger partial charge on any atom is 0.175 e. The molecule has 0 bridgehead atoms. The first-order valence-electron chi connectivity index (χ1n) is 7.95. The van der Waals surface area contributed by atoms with Crippen LogP contribution >= 0.6 is 0 Å². The van der Waals surface area contributed by atoms with Crippen LogP contribution in [0.15, 0.2) is 0 Å². The summed E-state index contributed by atoms with van der Waals surface area (Å²) in [5.74, 6) is 0.